The summed E-state index contributed by atoms with van der Waals surface area (Å²) in [5.41, 5.74) is -0.0360. The van der Waals surface area contributed by atoms with Crippen LogP contribution in [0.2, 0.25) is 0 Å². The average molecular weight is 317 g/mol. The second kappa shape index (κ2) is 6.98. The molecule has 3 nitrogen and oxygen atoms in total. The molecular formula is C16H22F3NO2. The number of alkyl halides is 3. The Balaban J connectivity index is 1.95. The molecule has 1 aliphatic rings. The topological polar surface area (TPSA) is 41.5 Å². The second-order valence-electron chi connectivity index (χ2n) is 5.99. The quantitative estimate of drug-likeness (QED) is 0.876. The number of ether oxygens (including phenoxy) is 1. The third-order valence-electron chi connectivity index (χ3n) is 4.41. The Morgan fingerprint density at radius 3 is 2.32 bits per heavy atom. The van der Waals surface area contributed by atoms with Crippen LogP contribution in [0.3, 0.4) is 0 Å². The monoisotopic (exact) mass is 317 g/mol. The van der Waals surface area contributed by atoms with Crippen molar-refractivity contribution in [1.82, 2.24) is 5.32 Å². The highest BCUT2D eigenvalue weighted by molar-refractivity contribution is 5.26. The van der Waals surface area contributed by atoms with Crippen molar-refractivity contribution >= 4 is 0 Å². The lowest BCUT2D eigenvalue weighted by molar-refractivity contribution is -0.137. The van der Waals surface area contributed by atoms with Gasteiger partial charge in [-0.05, 0) is 37.5 Å². The van der Waals surface area contributed by atoms with Crippen LogP contribution in [0.4, 0.5) is 13.2 Å². The highest BCUT2D eigenvalue weighted by Gasteiger charge is 2.32. The van der Waals surface area contributed by atoms with Crippen LogP contribution in [0.15, 0.2) is 24.3 Å². The molecule has 0 bridgehead atoms. The Bertz CT molecular complexity index is 467. The second-order valence-corrected chi connectivity index (χ2v) is 5.99. The van der Waals surface area contributed by atoms with Crippen molar-refractivity contribution in [3.05, 3.63) is 35.4 Å². The van der Waals surface area contributed by atoms with Gasteiger partial charge in [0.1, 0.15) is 0 Å². The predicted molar refractivity (Wildman–Crippen MR) is 77.4 cm³/mol. The van der Waals surface area contributed by atoms with E-state index in [0.717, 1.165) is 30.5 Å². The van der Waals surface area contributed by atoms with Crippen molar-refractivity contribution in [2.45, 2.75) is 32.0 Å². The zero-order valence-electron chi connectivity index (χ0n) is 12.6. The molecule has 0 saturated carbocycles. The largest absolute Gasteiger partial charge is 0.416 e. The fraction of sp³-hybridized carbons (Fsp3) is 0.625. The van der Waals surface area contributed by atoms with E-state index < -0.39 is 11.7 Å². The standard InChI is InChI=1S/C16H22F3NO2/c1-12(13-2-4-14(5-3-13)16(17,18)19)20-10-15(11-21)6-8-22-9-7-15/h2-5,12,20-21H,6-11H2,1H3. The Hall–Kier alpha value is -1.11. The van der Waals surface area contributed by atoms with Gasteiger partial charge in [0.15, 0.2) is 0 Å². The summed E-state index contributed by atoms with van der Waals surface area (Å²) in [5, 5.41) is 13.0. The molecule has 1 fully saturated rings. The van der Waals surface area contributed by atoms with Gasteiger partial charge in [0.05, 0.1) is 12.2 Å². The Morgan fingerprint density at radius 1 is 1.23 bits per heavy atom. The van der Waals surface area contributed by atoms with Crippen LogP contribution in [0, 0.1) is 5.41 Å². The molecule has 6 heteroatoms. The molecular weight excluding hydrogens is 295 g/mol. The lowest BCUT2D eigenvalue weighted by Crippen LogP contribution is -2.42. The Morgan fingerprint density at radius 2 is 1.82 bits per heavy atom. The minimum Gasteiger partial charge on any atom is -0.396 e. The van der Waals surface area contributed by atoms with Gasteiger partial charge in [-0.25, -0.2) is 0 Å². The van der Waals surface area contributed by atoms with Gasteiger partial charge in [-0.15, -0.1) is 0 Å². The van der Waals surface area contributed by atoms with Gasteiger partial charge in [-0.3, -0.25) is 0 Å². The van der Waals surface area contributed by atoms with Gasteiger partial charge in [-0.1, -0.05) is 12.1 Å². The summed E-state index contributed by atoms with van der Waals surface area (Å²) < 4.78 is 43.0. The first-order valence-electron chi connectivity index (χ1n) is 7.45. The predicted octanol–water partition coefficient (Wildman–Crippen LogP) is 3.15. The van der Waals surface area contributed by atoms with E-state index in [4.69, 9.17) is 4.74 Å². The first-order chi connectivity index (χ1) is 10.4. The van der Waals surface area contributed by atoms with E-state index >= 15 is 0 Å². The van der Waals surface area contributed by atoms with E-state index in [9.17, 15) is 18.3 Å². The Labute approximate surface area is 128 Å². The molecule has 0 aromatic heterocycles. The number of halogens is 3. The van der Waals surface area contributed by atoms with E-state index in [0.29, 0.717) is 19.8 Å². The third kappa shape index (κ3) is 4.21. The summed E-state index contributed by atoms with van der Waals surface area (Å²) in [6, 6.07) is 5.12. The highest BCUT2D eigenvalue weighted by Crippen LogP contribution is 2.31. The van der Waals surface area contributed by atoms with Crippen molar-refractivity contribution in [1.29, 1.82) is 0 Å². The molecule has 0 amide bonds. The van der Waals surface area contributed by atoms with E-state index in [1.54, 1.807) is 0 Å². The van der Waals surface area contributed by atoms with Crippen molar-refractivity contribution in [3.8, 4) is 0 Å². The molecule has 2 rings (SSSR count). The highest BCUT2D eigenvalue weighted by atomic mass is 19.4. The molecule has 1 unspecified atom stereocenters. The molecule has 22 heavy (non-hydrogen) atoms. The zero-order chi connectivity index (χ0) is 16.2. The van der Waals surface area contributed by atoms with Gasteiger partial charge in [0.25, 0.3) is 0 Å². The summed E-state index contributed by atoms with van der Waals surface area (Å²) in [6.45, 7) is 3.89. The van der Waals surface area contributed by atoms with Gasteiger partial charge < -0.3 is 15.2 Å². The maximum Gasteiger partial charge on any atom is 0.416 e. The van der Waals surface area contributed by atoms with Crippen LogP contribution in [-0.2, 0) is 10.9 Å². The van der Waals surface area contributed by atoms with Gasteiger partial charge in [-0.2, -0.15) is 13.2 Å². The smallest absolute Gasteiger partial charge is 0.396 e. The van der Waals surface area contributed by atoms with Crippen LogP contribution >= 0.6 is 0 Å². The fourth-order valence-electron chi connectivity index (χ4n) is 2.64. The van der Waals surface area contributed by atoms with Crippen LogP contribution in [0.25, 0.3) is 0 Å². The molecule has 1 aliphatic heterocycles. The van der Waals surface area contributed by atoms with Gasteiger partial charge in [0.2, 0.25) is 0 Å². The lowest BCUT2D eigenvalue weighted by atomic mass is 9.80. The van der Waals surface area contributed by atoms with E-state index in [1.165, 1.54) is 12.1 Å². The number of rotatable bonds is 5. The van der Waals surface area contributed by atoms with Crippen LogP contribution in [0.5, 0.6) is 0 Å². The van der Waals surface area contributed by atoms with Crippen molar-refractivity contribution in [2.75, 3.05) is 26.4 Å². The van der Waals surface area contributed by atoms with E-state index in [1.807, 2.05) is 6.92 Å². The lowest BCUT2D eigenvalue weighted by Gasteiger charge is -2.36. The molecule has 124 valence electrons. The number of aliphatic hydroxyl groups excluding tert-OH is 1. The average Bonchev–Trinajstić information content (AvgIpc) is 2.53. The fourth-order valence-corrected chi connectivity index (χ4v) is 2.64. The zero-order valence-corrected chi connectivity index (χ0v) is 12.6. The van der Waals surface area contributed by atoms with Crippen molar-refractivity contribution in [2.24, 2.45) is 5.41 Å². The van der Waals surface area contributed by atoms with Crippen LogP contribution in [-0.4, -0.2) is 31.5 Å². The summed E-state index contributed by atoms with van der Waals surface area (Å²) >= 11 is 0. The minimum atomic E-state index is -4.31. The molecule has 1 aromatic rings. The van der Waals surface area contributed by atoms with E-state index in [2.05, 4.69) is 5.32 Å². The molecule has 1 atom stereocenters. The normalized spacial score (nSPS) is 19.9. The summed E-state index contributed by atoms with van der Waals surface area (Å²) in [6.07, 6.45) is -2.73. The SMILES string of the molecule is CC(NCC1(CO)CCOCC1)c1ccc(C(F)(F)F)cc1. The molecule has 1 heterocycles. The third-order valence-corrected chi connectivity index (χ3v) is 4.41. The summed E-state index contributed by atoms with van der Waals surface area (Å²) in [7, 11) is 0. The molecule has 0 radical (unpaired) electrons. The van der Waals surface area contributed by atoms with Gasteiger partial charge >= 0.3 is 6.18 Å². The summed E-state index contributed by atoms with van der Waals surface area (Å²) in [5.74, 6) is 0. The van der Waals surface area contributed by atoms with Gasteiger partial charge in [0, 0.05) is 31.2 Å². The Kier molecular flexibility index (Phi) is 5.47. The number of hydrogen-bond acceptors (Lipinski definition) is 3. The molecule has 1 saturated heterocycles. The number of hydrogen-bond donors (Lipinski definition) is 2. The first-order valence-corrected chi connectivity index (χ1v) is 7.45. The van der Waals surface area contributed by atoms with Crippen molar-refractivity contribution in [3.63, 3.8) is 0 Å². The van der Waals surface area contributed by atoms with Crippen molar-refractivity contribution < 1.29 is 23.0 Å². The van der Waals surface area contributed by atoms with E-state index in [-0.39, 0.29) is 18.1 Å². The number of aliphatic hydroxyl groups is 1. The summed E-state index contributed by atoms with van der Waals surface area (Å²) in [4.78, 5) is 0. The van der Waals surface area contributed by atoms with Crippen LogP contribution in [0.1, 0.15) is 36.9 Å². The molecule has 0 aliphatic carbocycles. The number of nitrogens with one attached hydrogen (secondary N) is 1. The maximum atomic E-state index is 12.6. The molecule has 1 aromatic carbocycles. The molecule has 2 N–H and O–H groups in total. The first kappa shape index (κ1) is 17.2. The minimum absolute atomic E-state index is 0.0754. The maximum absolute atomic E-state index is 12.6. The molecule has 0 spiro atoms. The van der Waals surface area contributed by atoms with Crippen LogP contribution < -0.4 is 5.32 Å². The number of benzene rings is 1.